The average molecular weight is 341 g/mol. The summed E-state index contributed by atoms with van der Waals surface area (Å²) in [4.78, 5) is 31.5. The summed E-state index contributed by atoms with van der Waals surface area (Å²) in [5.74, 6) is 1.20. The van der Waals surface area contributed by atoms with E-state index >= 15 is 0 Å². The maximum absolute atomic E-state index is 12.7. The third kappa shape index (κ3) is 3.05. The second-order valence-corrected chi connectivity index (χ2v) is 6.03. The number of fused-ring (bicyclic) bond motifs is 1. The number of carbonyl (C=O) groups is 2. The van der Waals surface area contributed by atoms with Crippen LogP contribution in [0.2, 0.25) is 0 Å². The van der Waals surface area contributed by atoms with Crippen molar-refractivity contribution in [2.45, 2.75) is 0 Å². The topological polar surface area (TPSA) is 74.9 Å². The minimum Gasteiger partial charge on any atom is -0.486 e. The molecule has 2 aliphatic heterocycles. The normalized spacial score (nSPS) is 16.6. The summed E-state index contributed by atoms with van der Waals surface area (Å²) in [6.07, 6.45) is 1.73. The SMILES string of the molecule is O=C(c1ccc2c(c1)OCCO2)N1CCN(C(=O)c2ccc[nH]2)CC1. The molecule has 7 heteroatoms. The molecular formula is C18H19N3O4. The number of H-pyrrole nitrogens is 1. The molecule has 0 unspecified atom stereocenters. The summed E-state index contributed by atoms with van der Waals surface area (Å²) in [5.41, 5.74) is 1.15. The first kappa shape index (κ1) is 15.6. The van der Waals surface area contributed by atoms with Gasteiger partial charge < -0.3 is 24.3 Å². The Bertz CT molecular complexity index is 780. The molecule has 0 radical (unpaired) electrons. The molecule has 3 heterocycles. The molecule has 2 amide bonds. The molecule has 7 nitrogen and oxygen atoms in total. The number of nitrogens with one attached hydrogen (secondary N) is 1. The highest BCUT2D eigenvalue weighted by Gasteiger charge is 2.26. The number of carbonyl (C=O) groups excluding carboxylic acids is 2. The maximum atomic E-state index is 12.7. The molecule has 1 aromatic heterocycles. The van der Waals surface area contributed by atoms with E-state index in [9.17, 15) is 9.59 Å². The Kier molecular flexibility index (Phi) is 4.05. The van der Waals surface area contributed by atoms with Gasteiger partial charge in [-0.3, -0.25) is 9.59 Å². The number of nitrogens with zero attached hydrogens (tertiary/aromatic N) is 2. The lowest BCUT2D eigenvalue weighted by Crippen LogP contribution is -2.50. The zero-order chi connectivity index (χ0) is 17.2. The molecule has 25 heavy (non-hydrogen) atoms. The van der Waals surface area contributed by atoms with Gasteiger partial charge in [-0.15, -0.1) is 0 Å². The van der Waals surface area contributed by atoms with E-state index in [0.717, 1.165) is 0 Å². The number of aromatic amines is 1. The number of aromatic nitrogens is 1. The number of piperazine rings is 1. The molecule has 0 atom stereocenters. The van der Waals surface area contributed by atoms with Gasteiger partial charge in [0, 0.05) is 37.9 Å². The Hall–Kier alpha value is -2.96. The first-order valence-corrected chi connectivity index (χ1v) is 8.34. The van der Waals surface area contributed by atoms with Gasteiger partial charge in [0.15, 0.2) is 11.5 Å². The summed E-state index contributed by atoms with van der Waals surface area (Å²) >= 11 is 0. The van der Waals surface area contributed by atoms with E-state index in [4.69, 9.17) is 9.47 Å². The summed E-state index contributed by atoms with van der Waals surface area (Å²) in [6.45, 7) is 3.09. The van der Waals surface area contributed by atoms with Crippen LogP contribution < -0.4 is 9.47 Å². The van der Waals surface area contributed by atoms with Crippen LogP contribution in [0.25, 0.3) is 0 Å². The summed E-state index contributed by atoms with van der Waals surface area (Å²) in [6, 6.07) is 8.82. The van der Waals surface area contributed by atoms with Crippen LogP contribution in [0.5, 0.6) is 11.5 Å². The predicted octanol–water partition coefficient (Wildman–Crippen LogP) is 1.38. The molecule has 130 valence electrons. The molecule has 1 saturated heterocycles. The Morgan fingerprint density at radius 3 is 2.24 bits per heavy atom. The van der Waals surface area contributed by atoms with Crippen LogP contribution >= 0.6 is 0 Å². The Balaban J connectivity index is 1.40. The molecule has 0 spiro atoms. The van der Waals surface area contributed by atoms with E-state index < -0.39 is 0 Å². The highest BCUT2D eigenvalue weighted by molar-refractivity contribution is 5.95. The fourth-order valence-corrected chi connectivity index (χ4v) is 3.11. The van der Waals surface area contributed by atoms with Crippen LogP contribution in [0.4, 0.5) is 0 Å². The molecule has 0 saturated carbocycles. The van der Waals surface area contributed by atoms with Crippen molar-refractivity contribution >= 4 is 11.8 Å². The van der Waals surface area contributed by atoms with Crippen LogP contribution in [-0.4, -0.2) is 66.0 Å². The molecule has 1 fully saturated rings. The second kappa shape index (κ2) is 6.51. The second-order valence-electron chi connectivity index (χ2n) is 6.03. The predicted molar refractivity (Wildman–Crippen MR) is 90.0 cm³/mol. The van der Waals surface area contributed by atoms with Gasteiger partial charge in [-0.05, 0) is 30.3 Å². The maximum Gasteiger partial charge on any atom is 0.270 e. The smallest absolute Gasteiger partial charge is 0.270 e. The Morgan fingerprint density at radius 1 is 0.880 bits per heavy atom. The quantitative estimate of drug-likeness (QED) is 0.896. The van der Waals surface area contributed by atoms with Crippen molar-refractivity contribution < 1.29 is 19.1 Å². The Labute approximate surface area is 145 Å². The zero-order valence-electron chi connectivity index (χ0n) is 13.7. The lowest BCUT2D eigenvalue weighted by molar-refractivity contribution is 0.0532. The molecule has 1 aromatic carbocycles. The van der Waals surface area contributed by atoms with Crippen molar-refractivity contribution in [3.8, 4) is 11.5 Å². The van der Waals surface area contributed by atoms with Gasteiger partial charge in [0.25, 0.3) is 11.8 Å². The highest BCUT2D eigenvalue weighted by atomic mass is 16.6. The summed E-state index contributed by atoms with van der Waals surface area (Å²) in [7, 11) is 0. The van der Waals surface area contributed by atoms with Crippen LogP contribution in [0, 0.1) is 0 Å². The monoisotopic (exact) mass is 341 g/mol. The Morgan fingerprint density at radius 2 is 1.56 bits per heavy atom. The van der Waals surface area contributed by atoms with Crippen molar-refractivity contribution in [2.24, 2.45) is 0 Å². The van der Waals surface area contributed by atoms with Crippen LogP contribution in [0.15, 0.2) is 36.5 Å². The number of rotatable bonds is 2. The molecule has 4 rings (SSSR count). The number of benzene rings is 1. The van der Waals surface area contributed by atoms with Gasteiger partial charge in [-0.25, -0.2) is 0 Å². The third-order valence-corrected chi connectivity index (χ3v) is 4.47. The fourth-order valence-electron chi connectivity index (χ4n) is 3.11. The van der Waals surface area contributed by atoms with Gasteiger partial charge in [0.1, 0.15) is 18.9 Å². The first-order chi connectivity index (χ1) is 12.2. The van der Waals surface area contributed by atoms with Crippen molar-refractivity contribution in [3.63, 3.8) is 0 Å². The van der Waals surface area contributed by atoms with E-state index in [1.165, 1.54) is 0 Å². The highest BCUT2D eigenvalue weighted by Crippen LogP contribution is 2.31. The van der Waals surface area contributed by atoms with Crippen molar-refractivity contribution in [1.29, 1.82) is 0 Å². The van der Waals surface area contributed by atoms with Crippen LogP contribution in [-0.2, 0) is 0 Å². The van der Waals surface area contributed by atoms with Crippen molar-refractivity contribution in [2.75, 3.05) is 39.4 Å². The number of ether oxygens (including phenoxy) is 2. The molecule has 0 aliphatic carbocycles. The van der Waals surface area contributed by atoms with E-state index in [-0.39, 0.29) is 11.8 Å². The largest absolute Gasteiger partial charge is 0.486 e. The zero-order valence-corrected chi connectivity index (χ0v) is 13.7. The summed E-state index contributed by atoms with van der Waals surface area (Å²) < 4.78 is 11.0. The first-order valence-electron chi connectivity index (χ1n) is 8.34. The molecule has 2 aromatic rings. The van der Waals surface area contributed by atoms with E-state index in [0.29, 0.717) is 62.1 Å². The van der Waals surface area contributed by atoms with E-state index in [1.54, 1.807) is 46.3 Å². The molecule has 2 aliphatic rings. The number of hydrogen-bond acceptors (Lipinski definition) is 4. The van der Waals surface area contributed by atoms with Crippen molar-refractivity contribution in [3.05, 3.63) is 47.8 Å². The minimum absolute atomic E-state index is 0.0311. The van der Waals surface area contributed by atoms with Crippen LogP contribution in [0.3, 0.4) is 0 Å². The molecule has 1 N–H and O–H groups in total. The number of hydrogen-bond donors (Lipinski definition) is 1. The fraction of sp³-hybridized carbons (Fsp3) is 0.333. The lowest BCUT2D eigenvalue weighted by atomic mass is 10.1. The van der Waals surface area contributed by atoms with Gasteiger partial charge in [-0.2, -0.15) is 0 Å². The van der Waals surface area contributed by atoms with Crippen molar-refractivity contribution in [1.82, 2.24) is 14.8 Å². The summed E-state index contributed by atoms with van der Waals surface area (Å²) in [5, 5.41) is 0. The van der Waals surface area contributed by atoms with Gasteiger partial charge in [-0.1, -0.05) is 0 Å². The van der Waals surface area contributed by atoms with E-state index in [2.05, 4.69) is 4.98 Å². The van der Waals surface area contributed by atoms with E-state index in [1.807, 2.05) is 0 Å². The van der Waals surface area contributed by atoms with Gasteiger partial charge in [0.05, 0.1) is 0 Å². The van der Waals surface area contributed by atoms with Gasteiger partial charge in [0.2, 0.25) is 0 Å². The standard InChI is InChI=1S/C18H19N3O4/c22-17(13-3-4-15-16(12-13)25-11-10-24-15)20-6-8-21(9-7-20)18(23)14-2-1-5-19-14/h1-5,12,19H,6-11H2. The van der Waals surface area contributed by atoms with Gasteiger partial charge >= 0.3 is 0 Å². The average Bonchev–Trinajstić information content (AvgIpc) is 3.21. The molecular weight excluding hydrogens is 322 g/mol. The third-order valence-electron chi connectivity index (χ3n) is 4.47. The minimum atomic E-state index is -0.0519. The number of amides is 2. The van der Waals surface area contributed by atoms with Crippen LogP contribution in [0.1, 0.15) is 20.8 Å². The molecule has 0 bridgehead atoms. The lowest BCUT2D eigenvalue weighted by Gasteiger charge is -2.34.